The Hall–Kier alpha value is -2.14. The van der Waals surface area contributed by atoms with E-state index in [1.54, 1.807) is 18.5 Å². The zero-order valence-corrected chi connectivity index (χ0v) is 10.2. The van der Waals surface area contributed by atoms with Crippen LogP contribution >= 0.6 is 0 Å². The zero-order chi connectivity index (χ0) is 13.7. The molecule has 6 heteroatoms. The van der Waals surface area contributed by atoms with E-state index in [-0.39, 0.29) is 13.0 Å². The fourth-order valence-electron chi connectivity index (χ4n) is 1.90. The van der Waals surface area contributed by atoms with E-state index < -0.39 is 12.2 Å². The van der Waals surface area contributed by atoms with Gasteiger partial charge in [-0.1, -0.05) is 17.2 Å². The van der Waals surface area contributed by atoms with Gasteiger partial charge in [0.25, 0.3) is 0 Å². The maximum atomic E-state index is 10.0. The number of nitrogens with zero attached hydrogens (tertiary/aromatic N) is 4. The van der Waals surface area contributed by atoms with Gasteiger partial charge in [0.05, 0.1) is 6.10 Å². The standard InChI is InChI=1S/C13H14N4O2/c14-17-16-6-4-12(18)13(19)10-1-2-11-8-15-5-3-9(11)7-10/h1-3,5,7-8,12-13,18-19H,4,6H2. The van der Waals surface area contributed by atoms with Crippen molar-refractivity contribution in [2.24, 2.45) is 5.11 Å². The Morgan fingerprint density at radius 1 is 1.26 bits per heavy atom. The van der Waals surface area contributed by atoms with Crippen LogP contribution in [0.15, 0.2) is 41.8 Å². The van der Waals surface area contributed by atoms with Crippen molar-refractivity contribution in [1.29, 1.82) is 0 Å². The second-order valence-corrected chi connectivity index (χ2v) is 4.24. The molecule has 2 rings (SSSR count). The number of azide groups is 1. The molecule has 0 fully saturated rings. The first kappa shape index (κ1) is 13.3. The van der Waals surface area contributed by atoms with Crippen molar-refractivity contribution < 1.29 is 10.2 Å². The Labute approximate surface area is 110 Å². The predicted octanol–water partition coefficient (Wildman–Crippen LogP) is 2.33. The van der Waals surface area contributed by atoms with Crippen LogP contribution in [0, 0.1) is 0 Å². The number of aromatic nitrogens is 1. The molecule has 1 heterocycles. The summed E-state index contributed by atoms with van der Waals surface area (Å²) >= 11 is 0. The van der Waals surface area contributed by atoms with Crippen LogP contribution in [0.3, 0.4) is 0 Å². The summed E-state index contributed by atoms with van der Waals surface area (Å²) in [5, 5.41) is 25.1. The summed E-state index contributed by atoms with van der Waals surface area (Å²) in [5.74, 6) is 0. The van der Waals surface area contributed by atoms with Gasteiger partial charge in [-0.25, -0.2) is 0 Å². The third-order valence-corrected chi connectivity index (χ3v) is 2.96. The first-order valence-electron chi connectivity index (χ1n) is 5.93. The molecule has 0 aliphatic heterocycles. The molecule has 0 saturated carbocycles. The SMILES string of the molecule is [N-]=[N+]=NCCC(O)C(O)c1ccc2cnccc2c1. The Balaban J connectivity index is 2.16. The minimum atomic E-state index is -0.994. The van der Waals surface area contributed by atoms with Crippen molar-refractivity contribution >= 4 is 10.8 Å². The number of aliphatic hydroxyl groups excluding tert-OH is 2. The van der Waals surface area contributed by atoms with Crippen LogP contribution in [0.2, 0.25) is 0 Å². The Kier molecular flexibility index (Phi) is 4.30. The van der Waals surface area contributed by atoms with Gasteiger partial charge in [-0.2, -0.15) is 0 Å². The van der Waals surface area contributed by atoms with Crippen molar-refractivity contribution in [3.63, 3.8) is 0 Å². The van der Waals surface area contributed by atoms with Crippen LogP contribution < -0.4 is 0 Å². The molecular formula is C13H14N4O2. The van der Waals surface area contributed by atoms with Gasteiger partial charge in [0.1, 0.15) is 6.10 Å². The van der Waals surface area contributed by atoms with E-state index in [1.807, 2.05) is 18.2 Å². The van der Waals surface area contributed by atoms with Crippen LogP contribution in [-0.4, -0.2) is 27.8 Å². The van der Waals surface area contributed by atoms with E-state index in [0.717, 1.165) is 10.8 Å². The van der Waals surface area contributed by atoms with Crippen LogP contribution in [0.4, 0.5) is 0 Å². The second-order valence-electron chi connectivity index (χ2n) is 4.24. The first-order chi connectivity index (χ1) is 9.22. The van der Waals surface area contributed by atoms with Crippen LogP contribution in [0.5, 0.6) is 0 Å². The molecule has 2 atom stereocenters. The molecule has 2 aromatic rings. The number of aliphatic hydroxyl groups is 2. The summed E-state index contributed by atoms with van der Waals surface area (Å²) in [5.41, 5.74) is 8.79. The summed E-state index contributed by atoms with van der Waals surface area (Å²) < 4.78 is 0. The molecule has 0 radical (unpaired) electrons. The average molecular weight is 258 g/mol. The van der Waals surface area contributed by atoms with Crippen LogP contribution in [-0.2, 0) is 0 Å². The van der Waals surface area contributed by atoms with E-state index in [1.165, 1.54) is 0 Å². The predicted molar refractivity (Wildman–Crippen MR) is 71.3 cm³/mol. The smallest absolute Gasteiger partial charge is 0.105 e. The van der Waals surface area contributed by atoms with Crippen LogP contribution in [0.1, 0.15) is 18.1 Å². The Morgan fingerprint density at radius 3 is 2.89 bits per heavy atom. The molecule has 2 unspecified atom stereocenters. The third kappa shape index (κ3) is 3.20. The van der Waals surface area contributed by atoms with Crippen molar-refractivity contribution in [2.75, 3.05) is 6.54 Å². The van der Waals surface area contributed by atoms with Crippen molar-refractivity contribution in [1.82, 2.24) is 4.98 Å². The number of hydrogen-bond donors (Lipinski definition) is 2. The second kappa shape index (κ2) is 6.15. The monoisotopic (exact) mass is 258 g/mol. The molecule has 1 aromatic carbocycles. The molecule has 1 aromatic heterocycles. The fraction of sp³-hybridized carbons (Fsp3) is 0.308. The zero-order valence-electron chi connectivity index (χ0n) is 10.2. The summed E-state index contributed by atoms with van der Waals surface area (Å²) in [6.07, 6.45) is 1.69. The van der Waals surface area contributed by atoms with E-state index in [2.05, 4.69) is 15.0 Å². The van der Waals surface area contributed by atoms with Gasteiger partial charge in [0.2, 0.25) is 0 Å². The Morgan fingerprint density at radius 2 is 2.11 bits per heavy atom. The average Bonchev–Trinajstić information content (AvgIpc) is 2.46. The lowest BCUT2D eigenvalue weighted by atomic mass is 10.00. The summed E-state index contributed by atoms with van der Waals surface area (Å²) in [4.78, 5) is 6.62. The van der Waals surface area contributed by atoms with Crippen molar-refractivity contribution in [2.45, 2.75) is 18.6 Å². The van der Waals surface area contributed by atoms with E-state index in [0.29, 0.717) is 5.56 Å². The molecule has 0 amide bonds. The van der Waals surface area contributed by atoms with Gasteiger partial charge in [-0.15, -0.1) is 0 Å². The molecule has 0 saturated heterocycles. The normalized spacial score (nSPS) is 13.8. The quantitative estimate of drug-likeness (QED) is 0.488. The van der Waals surface area contributed by atoms with E-state index >= 15 is 0 Å². The van der Waals surface area contributed by atoms with Gasteiger partial charge >= 0.3 is 0 Å². The summed E-state index contributed by atoms with van der Waals surface area (Å²) in [6.45, 7) is 0.159. The number of hydrogen-bond acceptors (Lipinski definition) is 4. The van der Waals surface area contributed by atoms with Gasteiger partial charge in [-0.3, -0.25) is 4.98 Å². The molecule has 0 aliphatic carbocycles. The number of rotatable bonds is 5. The fourth-order valence-corrected chi connectivity index (χ4v) is 1.90. The van der Waals surface area contributed by atoms with Crippen LogP contribution in [0.25, 0.3) is 21.2 Å². The molecular weight excluding hydrogens is 244 g/mol. The third-order valence-electron chi connectivity index (χ3n) is 2.96. The highest BCUT2D eigenvalue weighted by molar-refractivity contribution is 5.82. The Bertz CT molecular complexity index is 610. The number of benzene rings is 1. The van der Waals surface area contributed by atoms with E-state index in [4.69, 9.17) is 5.53 Å². The highest BCUT2D eigenvalue weighted by Crippen LogP contribution is 2.23. The molecule has 0 bridgehead atoms. The molecule has 2 N–H and O–H groups in total. The topological polar surface area (TPSA) is 102 Å². The van der Waals surface area contributed by atoms with Gasteiger partial charge in [0.15, 0.2) is 0 Å². The molecule has 6 nitrogen and oxygen atoms in total. The minimum Gasteiger partial charge on any atom is -0.390 e. The maximum absolute atomic E-state index is 10.0. The van der Waals surface area contributed by atoms with Gasteiger partial charge in [0, 0.05) is 29.2 Å². The first-order valence-corrected chi connectivity index (χ1v) is 5.93. The maximum Gasteiger partial charge on any atom is 0.105 e. The summed E-state index contributed by atoms with van der Waals surface area (Å²) in [7, 11) is 0. The van der Waals surface area contributed by atoms with Crippen molar-refractivity contribution in [3.8, 4) is 0 Å². The lowest BCUT2D eigenvalue weighted by molar-refractivity contribution is 0.0151. The molecule has 0 aliphatic rings. The molecule has 0 spiro atoms. The molecule has 19 heavy (non-hydrogen) atoms. The van der Waals surface area contributed by atoms with E-state index in [9.17, 15) is 10.2 Å². The number of pyridine rings is 1. The molecule has 98 valence electrons. The number of fused-ring (bicyclic) bond motifs is 1. The summed E-state index contributed by atoms with van der Waals surface area (Å²) in [6, 6.07) is 7.27. The highest BCUT2D eigenvalue weighted by atomic mass is 16.3. The highest BCUT2D eigenvalue weighted by Gasteiger charge is 2.17. The minimum absolute atomic E-state index is 0.159. The largest absolute Gasteiger partial charge is 0.390 e. The van der Waals surface area contributed by atoms with Gasteiger partial charge < -0.3 is 10.2 Å². The lowest BCUT2D eigenvalue weighted by Crippen LogP contribution is -2.19. The van der Waals surface area contributed by atoms with Crippen molar-refractivity contribution in [3.05, 3.63) is 52.7 Å². The van der Waals surface area contributed by atoms with Gasteiger partial charge in [-0.05, 0) is 35.0 Å². The lowest BCUT2D eigenvalue weighted by Gasteiger charge is -2.17.